The lowest BCUT2D eigenvalue weighted by molar-refractivity contribution is -0.119. The fourth-order valence-electron chi connectivity index (χ4n) is 4.78. The Morgan fingerprint density at radius 3 is 2.48 bits per heavy atom. The zero-order chi connectivity index (χ0) is 29.0. The van der Waals surface area contributed by atoms with E-state index in [4.69, 9.17) is 4.98 Å². The van der Waals surface area contributed by atoms with Gasteiger partial charge in [-0.05, 0) is 72.0 Å². The molecule has 1 aliphatic rings. The topological polar surface area (TPSA) is 104 Å². The van der Waals surface area contributed by atoms with Crippen molar-refractivity contribution in [1.82, 2.24) is 29.2 Å². The summed E-state index contributed by atoms with van der Waals surface area (Å²) in [6, 6.07) is 8.97. The van der Waals surface area contributed by atoms with Crippen LogP contribution < -0.4 is 15.8 Å². The maximum atomic E-state index is 13.3. The fraction of sp³-hybridized carbons (Fsp3) is 0.414. The number of hydrogen-bond acceptors (Lipinski definition) is 8. The Morgan fingerprint density at radius 2 is 1.90 bits per heavy atom. The number of anilines is 3. The number of piperazine rings is 1. The average Bonchev–Trinajstić information content (AvgIpc) is 3.20. The summed E-state index contributed by atoms with van der Waals surface area (Å²) in [4.78, 5) is 38.9. The van der Waals surface area contributed by atoms with Crippen molar-refractivity contribution in [2.24, 2.45) is 5.10 Å². The molecule has 0 bridgehead atoms. The van der Waals surface area contributed by atoms with Gasteiger partial charge in [-0.25, -0.2) is 19.4 Å². The van der Waals surface area contributed by atoms with Crippen molar-refractivity contribution in [2.75, 3.05) is 30.4 Å². The number of carbonyl (C=O) groups excluding carboxylic acids is 1. The third-order valence-corrected chi connectivity index (χ3v) is 7.21. The van der Waals surface area contributed by atoms with Crippen molar-refractivity contribution < 1.29 is 4.79 Å². The maximum Gasteiger partial charge on any atom is 0.278 e. The van der Waals surface area contributed by atoms with Gasteiger partial charge in [-0.3, -0.25) is 14.5 Å². The summed E-state index contributed by atoms with van der Waals surface area (Å²) in [5, 5.41) is 9.41. The van der Waals surface area contributed by atoms with E-state index in [1.54, 1.807) is 22.9 Å². The number of allylic oxidation sites excluding steroid dienone is 3. The van der Waals surface area contributed by atoms with Crippen LogP contribution in [0.25, 0.3) is 11.0 Å². The van der Waals surface area contributed by atoms with E-state index in [2.05, 4.69) is 64.8 Å². The second-order valence-corrected chi connectivity index (χ2v) is 10.4. The molecule has 2 atom stereocenters. The van der Waals surface area contributed by atoms with E-state index in [1.165, 1.54) is 21.6 Å². The fourth-order valence-corrected chi connectivity index (χ4v) is 4.78. The zero-order valence-electron chi connectivity index (χ0n) is 24.2. The van der Waals surface area contributed by atoms with E-state index in [9.17, 15) is 9.59 Å². The van der Waals surface area contributed by atoms with Gasteiger partial charge in [-0.1, -0.05) is 12.2 Å². The molecule has 2 unspecified atom stereocenters. The van der Waals surface area contributed by atoms with Gasteiger partial charge in [0.1, 0.15) is 5.39 Å². The van der Waals surface area contributed by atoms with E-state index in [0.29, 0.717) is 41.3 Å². The Bertz CT molecular complexity index is 1460. The van der Waals surface area contributed by atoms with Crippen LogP contribution in [0.1, 0.15) is 34.6 Å². The third-order valence-electron chi connectivity index (χ3n) is 7.21. The molecule has 1 N–H and O–H groups in total. The minimum absolute atomic E-state index is 0.175. The molecule has 1 saturated heterocycles. The number of hydrogen-bond donors (Lipinski definition) is 1. The molecule has 0 saturated carbocycles. The molecule has 11 heteroatoms. The van der Waals surface area contributed by atoms with Crippen molar-refractivity contribution in [3.05, 3.63) is 65.6 Å². The van der Waals surface area contributed by atoms with Crippen molar-refractivity contribution in [1.29, 1.82) is 0 Å². The summed E-state index contributed by atoms with van der Waals surface area (Å²) in [7, 11) is 2.18. The van der Waals surface area contributed by atoms with Gasteiger partial charge >= 0.3 is 0 Å². The zero-order valence-corrected chi connectivity index (χ0v) is 24.2. The quantitative estimate of drug-likeness (QED) is 0.144. The number of nitrogens with zero attached hydrogens (tertiary/aromatic N) is 8. The molecule has 40 heavy (non-hydrogen) atoms. The molecular weight excluding hydrogens is 506 g/mol. The molecule has 1 aromatic carbocycles. The standard InChI is InChI=1S/C29H39N9O2/c1-8-10-26(33-36(19-39)20(3)4)38-27-25(28(40)37(38)15-9-2)16-30-29(32-27)31-23-11-13-24(14-12-23)35-17-21(5)34(7)22(6)18-35/h8-14,16,19-22H,2,15,17-18H2,1,3-7H3,(H,30,31,32)/b10-8-,33-26+. The highest BCUT2D eigenvalue weighted by molar-refractivity contribution is 5.99. The van der Waals surface area contributed by atoms with E-state index >= 15 is 0 Å². The molecule has 212 valence electrons. The van der Waals surface area contributed by atoms with Crippen molar-refractivity contribution in [2.45, 2.75) is 59.3 Å². The number of benzene rings is 1. The lowest BCUT2D eigenvalue weighted by Gasteiger charge is -2.43. The molecule has 3 aromatic rings. The van der Waals surface area contributed by atoms with Crippen LogP contribution in [-0.2, 0) is 11.3 Å². The molecule has 2 aromatic heterocycles. The first kappa shape index (κ1) is 28.8. The Labute approximate surface area is 235 Å². The van der Waals surface area contributed by atoms with Crippen molar-refractivity contribution in [3.8, 4) is 0 Å². The number of likely N-dealkylation sites (N-methyl/N-ethyl adjacent to an activating group) is 1. The Kier molecular flexibility index (Phi) is 8.83. The van der Waals surface area contributed by atoms with E-state index < -0.39 is 0 Å². The minimum atomic E-state index is -0.277. The van der Waals surface area contributed by atoms with Gasteiger partial charge in [0.05, 0.1) is 6.54 Å². The monoisotopic (exact) mass is 545 g/mol. The largest absolute Gasteiger partial charge is 0.368 e. The SMILES string of the molecule is C=CCn1c(=O)c2cnc(Nc3ccc(N4CC(C)N(C)C(C)C4)cc3)nc2n1C(/C=C\C)=N/N(C=O)C(C)C. The highest BCUT2D eigenvalue weighted by Crippen LogP contribution is 2.24. The molecule has 4 rings (SSSR count). The summed E-state index contributed by atoms with van der Waals surface area (Å²) >= 11 is 0. The number of aromatic nitrogens is 4. The van der Waals surface area contributed by atoms with Crippen LogP contribution in [0, 0.1) is 0 Å². The van der Waals surface area contributed by atoms with E-state index in [1.807, 2.05) is 32.9 Å². The average molecular weight is 546 g/mol. The maximum absolute atomic E-state index is 13.3. The normalized spacial score (nSPS) is 18.6. The molecule has 11 nitrogen and oxygen atoms in total. The third kappa shape index (κ3) is 5.84. The van der Waals surface area contributed by atoms with Crippen LogP contribution in [0.2, 0.25) is 0 Å². The molecule has 0 aliphatic carbocycles. The Balaban J connectivity index is 1.70. The number of fused-ring (bicyclic) bond motifs is 1. The van der Waals surface area contributed by atoms with Gasteiger partial charge in [0.2, 0.25) is 12.4 Å². The second kappa shape index (κ2) is 12.3. The summed E-state index contributed by atoms with van der Waals surface area (Å²) in [5.41, 5.74) is 2.09. The summed E-state index contributed by atoms with van der Waals surface area (Å²) in [6.07, 6.45) is 7.31. The van der Waals surface area contributed by atoms with Crippen LogP contribution in [-0.4, -0.2) is 79.7 Å². The predicted octanol–water partition coefficient (Wildman–Crippen LogP) is 3.66. The molecule has 0 spiro atoms. The number of amides is 1. The molecule has 0 radical (unpaired) electrons. The van der Waals surface area contributed by atoms with Gasteiger partial charge in [-0.2, -0.15) is 10.1 Å². The Morgan fingerprint density at radius 1 is 1.23 bits per heavy atom. The van der Waals surface area contributed by atoms with E-state index in [0.717, 1.165) is 18.8 Å². The first-order chi connectivity index (χ1) is 19.2. The molecule has 1 amide bonds. The minimum Gasteiger partial charge on any atom is -0.368 e. The molecule has 1 aliphatic heterocycles. The first-order valence-electron chi connectivity index (χ1n) is 13.6. The van der Waals surface area contributed by atoms with Gasteiger partial charge < -0.3 is 10.2 Å². The lowest BCUT2D eigenvalue weighted by atomic mass is 10.1. The van der Waals surface area contributed by atoms with Gasteiger partial charge in [0.15, 0.2) is 11.5 Å². The van der Waals surface area contributed by atoms with Gasteiger partial charge in [0.25, 0.3) is 5.56 Å². The highest BCUT2D eigenvalue weighted by atomic mass is 16.1. The van der Waals surface area contributed by atoms with Crippen LogP contribution in [0.4, 0.5) is 17.3 Å². The number of nitrogens with one attached hydrogen (secondary N) is 1. The second-order valence-electron chi connectivity index (χ2n) is 10.4. The summed E-state index contributed by atoms with van der Waals surface area (Å²) in [6.45, 7) is 16.0. The number of hydrazone groups is 1. The smallest absolute Gasteiger partial charge is 0.278 e. The van der Waals surface area contributed by atoms with Gasteiger partial charge in [0, 0.05) is 48.8 Å². The number of rotatable bonds is 9. The van der Waals surface area contributed by atoms with Crippen molar-refractivity contribution in [3.63, 3.8) is 0 Å². The molecule has 1 fully saturated rings. The summed E-state index contributed by atoms with van der Waals surface area (Å²) < 4.78 is 3.08. The number of carbonyl (C=O) groups is 1. The van der Waals surface area contributed by atoms with Crippen LogP contribution in [0.3, 0.4) is 0 Å². The highest BCUT2D eigenvalue weighted by Gasteiger charge is 2.26. The first-order valence-corrected chi connectivity index (χ1v) is 13.6. The van der Waals surface area contributed by atoms with Crippen LogP contribution in [0.5, 0.6) is 0 Å². The molecule has 3 heterocycles. The van der Waals surface area contributed by atoms with Crippen LogP contribution in [0.15, 0.2) is 65.2 Å². The van der Waals surface area contributed by atoms with Gasteiger partial charge in [-0.15, -0.1) is 6.58 Å². The Hall–Kier alpha value is -4.25. The predicted molar refractivity (Wildman–Crippen MR) is 161 cm³/mol. The molecular formula is C29H39N9O2. The summed E-state index contributed by atoms with van der Waals surface area (Å²) in [5.74, 6) is 0.699. The van der Waals surface area contributed by atoms with E-state index in [-0.39, 0.29) is 18.1 Å². The lowest BCUT2D eigenvalue weighted by Crippen LogP contribution is -2.55. The van der Waals surface area contributed by atoms with Crippen LogP contribution >= 0.6 is 0 Å². The van der Waals surface area contributed by atoms with Crippen molar-refractivity contribution >= 4 is 40.6 Å².